The SMILES string of the molecule is CSCCN(C)C(CN)c1ccc(F)c(Br)c1. The molecule has 0 saturated carbocycles. The summed E-state index contributed by atoms with van der Waals surface area (Å²) in [7, 11) is 2.05. The zero-order chi connectivity index (χ0) is 12.8. The van der Waals surface area contributed by atoms with Gasteiger partial charge in [0.15, 0.2) is 0 Å². The standard InChI is InChI=1S/C12H18BrFN2S/c1-16(5-6-17-2)12(8-15)9-3-4-11(14)10(13)7-9/h3-4,7,12H,5-6,8,15H2,1-2H3. The van der Waals surface area contributed by atoms with E-state index in [1.165, 1.54) is 6.07 Å². The number of rotatable bonds is 6. The van der Waals surface area contributed by atoms with Crippen LogP contribution in [-0.2, 0) is 0 Å². The third-order valence-corrected chi connectivity index (χ3v) is 3.93. The summed E-state index contributed by atoms with van der Waals surface area (Å²) < 4.78 is 13.7. The van der Waals surface area contributed by atoms with Crippen LogP contribution in [0.1, 0.15) is 11.6 Å². The van der Waals surface area contributed by atoms with Gasteiger partial charge in [-0.15, -0.1) is 0 Å². The van der Waals surface area contributed by atoms with Crippen LogP contribution in [0.3, 0.4) is 0 Å². The monoisotopic (exact) mass is 320 g/mol. The van der Waals surface area contributed by atoms with Crippen molar-refractivity contribution in [2.24, 2.45) is 5.73 Å². The number of likely N-dealkylation sites (N-methyl/N-ethyl adjacent to an activating group) is 1. The van der Waals surface area contributed by atoms with E-state index in [2.05, 4.69) is 27.1 Å². The van der Waals surface area contributed by atoms with E-state index in [1.54, 1.807) is 17.8 Å². The third-order valence-electron chi connectivity index (χ3n) is 2.73. The Hall–Kier alpha value is -0.100. The van der Waals surface area contributed by atoms with Gasteiger partial charge >= 0.3 is 0 Å². The molecule has 2 nitrogen and oxygen atoms in total. The molecule has 5 heteroatoms. The lowest BCUT2D eigenvalue weighted by Gasteiger charge is -2.27. The Morgan fingerprint density at radius 2 is 2.24 bits per heavy atom. The lowest BCUT2D eigenvalue weighted by Crippen LogP contribution is -2.32. The summed E-state index contributed by atoms with van der Waals surface area (Å²) in [6, 6.07) is 5.22. The van der Waals surface area contributed by atoms with Crippen molar-refractivity contribution in [2.45, 2.75) is 6.04 Å². The van der Waals surface area contributed by atoms with E-state index < -0.39 is 0 Å². The molecule has 0 amide bonds. The summed E-state index contributed by atoms with van der Waals surface area (Å²) in [4.78, 5) is 2.20. The van der Waals surface area contributed by atoms with Gasteiger partial charge in [0.25, 0.3) is 0 Å². The predicted molar refractivity (Wildman–Crippen MR) is 76.9 cm³/mol. The molecule has 96 valence electrons. The summed E-state index contributed by atoms with van der Waals surface area (Å²) in [6.07, 6.45) is 2.08. The molecule has 0 aliphatic carbocycles. The second-order valence-corrected chi connectivity index (χ2v) is 5.74. The average Bonchev–Trinajstić information content (AvgIpc) is 2.32. The van der Waals surface area contributed by atoms with Gasteiger partial charge in [0, 0.05) is 24.9 Å². The number of thioether (sulfide) groups is 1. The smallest absolute Gasteiger partial charge is 0.137 e. The molecule has 0 heterocycles. The molecule has 1 atom stereocenters. The lowest BCUT2D eigenvalue weighted by molar-refractivity contribution is 0.265. The number of halogens is 2. The number of nitrogens with two attached hydrogens (primary N) is 1. The Balaban J connectivity index is 2.81. The Bertz CT molecular complexity index is 362. The number of nitrogens with zero attached hydrogens (tertiary/aromatic N) is 1. The zero-order valence-electron chi connectivity index (χ0n) is 10.1. The minimum absolute atomic E-state index is 0.138. The molecule has 0 saturated heterocycles. The van der Waals surface area contributed by atoms with Crippen molar-refractivity contribution < 1.29 is 4.39 Å². The largest absolute Gasteiger partial charge is 0.329 e. The van der Waals surface area contributed by atoms with Crippen LogP contribution in [0.5, 0.6) is 0 Å². The fourth-order valence-electron chi connectivity index (χ4n) is 1.68. The summed E-state index contributed by atoms with van der Waals surface area (Å²) >= 11 is 5.01. The highest BCUT2D eigenvalue weighted by molar-refractivity contribution is 9.10. The molecular formula is C12H18BrFN2S. The highest BCUT2D eigenvalue weighted by Gasteiger charge is 2.16. The van der Waals surface area contributed by atoms with Gasteiger partial charge in [-0.1, -0.05) is 6.07 Å². The highest BCUT2D eigenvalue weighted by atomic mass is 79.9. The normalized spacial score (nSPS) is 13.1. The quantitative estimate of drug-likeness (QED) is 0.874. The number of hydrogen-bond acceptors (Lipinski definition) is 3. The molecule has 1 unspecified atom stereocenters. The minimum Gasteiger partial charge on any atom is -0.329 e. The molecule has 0 aromatic heterocycles. The lowest BCUT2D eigenvalue weighted by atomic mass is 10.1. The van der Waals surface area contributed by atoms with E-state index in [1.807, 2.05) is 13.1 Å². The molecule has 0 bridgehead atoms. The van der Waals surface area contributed by atoms with E-state index in [-0.39, 0.29) is 11.9 Å². The van der Waals surface area contributed by atoms with Crippen molar-refractivity contribution in [1.82, 2.24) is 4.90 Å². The topological polar surface area (TPSA) is 29.3 Å². The summed E-state index contributed by atoms with van der Waals surface area (Å²) in [5.74, 6) is 0.825. The van der Waals surface area contributed by atoms with Crippen LogP contribution < -0.4 is 5.73 Å². The first-order chi connectivity index (χ1) is 8.10. The van der Waals surface area contributed by atoms with Crippen LogP contribution in [0.25, 0.3) is 0 Å². The second-order valence-electron chi connectivity index (χ2n) is 3.90. The summed E-state index contributed by atoms with van der Waals surface area (Å²) in [5.41, 5.74) is 6.85. The van der Waals surface area contributed by atoms with Crippen LogP contribution in [-0.4, -0.2) is 37.0 Å². The maximum absolute atomic E-state index is 13.2. The fraction of sp³-hybridized carbons (Fsp3) is 0.500. The highest BCUT2D eigenvalue weighted by Crippen LogP contribution is 2.24. The molecule has 1 rings (SSSR count). The van der Waals surface area contributed by atoms with Crippen LogP contribution in [0.4, 0.5) is 4.39 Å². The van der Waals surface area contributed by atoms with Gasteiger partial charge < -0.3 is 5.73 Å². The van der Waals surface area contributed by atoms with E-state index in [0.29, 0.717) is 11.0 Å². The molecule has 0 aliphatic rings. The van der Waals surface area contributed by atoms with Gasteiger partial charge in [-0.25, -0.2) is 4.39 Å². The Kier molecular flexibility index (Phi) is 6.48. The second kappa shape index (κ2) is 7.36. The molecule has 17 heavy (non-hydrogen) atoms. The predicted octanol–water partition coefficient (Wildman–Crippen LogP) is 2.88. The maximum Gasteiger partial charge on any atom is 0.137 e. The van der Waals surface area contributed by atoms with Crippen molar-refractivity contribution in [1.29, 1.82) is 0 Å². The van der Waals surface area contributed by atoms with Crippen molar-refractivity contribution in [3.05, 3.63) is 34.1 Å². The minimum atomic E-state index is -0.240. The first-order valence-corrected chi connectivity index (χ1v) is 7.63. The number of hydrogen-bond donors (Lipinski definition) is 1. The van der Waals surface area contributed by atoms with Gasteiger partial charge in [0.05, 0.1) is 4.47 Å². The molecule has 2 N–H and O–H groups in total. The van der Waals surface area contributed by atoms with Crippen molar-refractivity contribution >= 4 is 27.7 Å². The van der Waals surface area contributed by atoms with Crippen LogP contribution >= 0.6 is 27.7 Å². The maximum atomic E-state index is 13.2. The molecule has 1 aromatic rings. The van der Waals surface area contributed by atoms with Gasteiger partial charge in [-0.05, 0) is 46.9 Å². The average molecular weight is 321 g/mol. The van der Waals surface area contributed by atoms with Crippen molar-refractivity contribution in [3.8, 4) is 0 Å². The van der Waals surface area contributed by atoms with Crippen molar-refractivity contribution in [2.75, 3.05) is 32.1 Å². The van der Waals surface area contributed by atoms with Crippen molar-refractivity contribution in [3.63, 3.8) is 0 Å². The van der Waals surface area contributed by atoms with Gasteiger partial charge in [-0.3, -0.25) is 4.90 Å². The van der Waals surface area contributed by atoms with Gasteiger partial charge in [-0.2, -0.15) is 11.8 Å². The Labute approximate surface area is 115 Å². The summed E-state index contributed by atoms with van der Waals surface area (Å²) in [6.45, 7) is 1.50. The molecular weight excluding hydrogens is 303 g/mol. The fourth-order valence-corrected chi connectivity index (χ4v) is 2.55. The Morgan fingerprint density at radius 3 is 2.76 bits per heavy atom. The third kappa shape index (κ3) is 4.25. The summed E-state index contributed by atoms with van der Waals surface area (Å²) in [5, 5.41) is 0. The van der Waals surface area contributed by atoms with Crippen LogP contribution in [0, 0.1) is 5.82 Å². The number of benzene rings is 1. The van der Waals surface area contributed by atoms with Crippen LogP contribution in [0.15, 0.2) is 22.7 Å². The van der Waals surface area contributed by atoms with E-state index in [0.717, 1.165) is 17.9 Å². The molecule has 0 spiro atoms. The van der Waals surface area contributed by atoms with Gasteiger partial charge in [0.1, 0.15) is 5.82 Å². The van der Waals surface area contributed by atoms with Crippen LogP contribution in [0.2, 0.25) is 0 Å². The molecule has 0 radical (unpaired) electrons. The first kappa shape index (κ1) is 15.0. The molecule has 0 fully saturated rings. The molecule has 0 aliphatic heterocycles. The van der Waals surface area contributed by atoms with E-state index in [4.69, 9.17) is 5.73 Å². The zero-order valence-corrected chi connectivity index (χ0v) is 12.5. The van der Waals surface area contributed by atoms with E-state index in [9.17, 15) is 4.39 Å². The van der Waals surface area contributed by atoms with Gasteiger partial charge in [0.2, 0.25) is 0 Å². The van der Waals surface area contributed by atoms with E-state index >= 15 is 0 Å². The molecule has 1 aromatic carbocycles. The Morgan fingerprint density at radius 1 is 1.53 bits per heavy atom. The first-order valence-electron chi connectivity index (χ1n) is 5.44.